The van der Waals surface area contributed by atoms with E-state index in [2.05, 4.69) is 6.92 Å². The van der Waals surface area contributed by atoms with Gasteiger partial charge in [-0.2, -0.15) is 0 Å². The number of benzene rings is 1. The van der Waals surface area contributed by atoms with Crippen molar-refractivity contribution in [2.24, 2.45) is 0 Å². The molecule has 1 heterocycles. The summed E-state index contributed by atoms with van der Waals surface area (Å²) < 4.78 is 5.37. The molecule has 1 N–H and O–H groups in total. The monoisotopic (exact) mass is 262 g/mol. The van der Waals surface area contributed by atoms with Crippen LogP contribution in [0.15, 0.2) is 6.07 Å². The molecular weight excluding hydrogens is 240 g/mol. The molecular formula is C16H22O3. The van der Waals surface area contributed by atoms with E-state index in [1.807, 2.05) is 26.8 Å². The Morgan fingerprint density at radius 2 is 2.11 bits per heavy atom. The second-order valence-corrected chi connectivity index (χ2v) is 6.02. The van der Waals surface area contributed by atoms with Gasteiger partial charge < -0.3 is 9.84 Å². The Morgan fingerprint density at radius 1 is 1.42 bits per heavy atom. The van der Waals surface area contributed by atoms with Crippen molar-refractivity contribution in [3.63, 3.8) is 0 Å². The van der Waals surface area contributed by atoms with Crippen molar-refractivity contribution in [3.05, 3.63) is 22.8 Å². The van der Waals surface area contributed by atoms with Gasteiger partial charge in [-0.05, 0) is 37.0 Å². The smallest absolute Gasteiger partial charge is 0.312 e. The molecule has 1 aliphatic rings. The highest BCUT2D eigenvalue weighted by atomic mass is 16.5. The maximum Gasteiger partial charge on any atom is 0.312 e. The number of aromatic hydroxyl groups is 1. The van der Waals surface area contributed by atoms with Crippen molar-refractivity contribution in [1.29, 1.82) is 0 Å². The molecule has 0 spiro atoms. The molecule has 104 valence electrons. The maximum absolute atomic E-state index is 11.7. The number of fused-ring (bicyclic) bond motifs is 1. The fraction of sp³-hybridized carbons (Fsp3) is 0.562. The van der Waals surface area contributed by atoms with E-state index < -0.39 is 0 Å². The molecule has 1 aromatic carbocycles. The van der Waals surface area contributed by atoms with Crippen molar-refractivity contribution in [1.82, 2.24) is 0 Å². The Bertz CT molecular complexity index is 515. The first kappa shape index (κ1) is 13.9. The van der Waals surface area contributed by atoms with Crippen LogP contribution in [0.1, 0.15) is 56.7 Å². The molecule has 0 fully saturated rings. The van der Waals surface area contributed by atoms with Crippen LogP contribution in [0.3, 0.4) is 0 Å². The molecule has 0 bridgehead atoms. The third kappa shape index (κ3) is 2.46. The predicted molar refractivity (Wildman–Crippen MR) is 74.7 cm³/mol. The number of rotatable bonds is 3. The number of unbranched alkanes of at least 4 members (excludes halogenated alkanes) is 1. The minimum atomic E-state index is -0.282. The minimum Gasteiger partial charge on any atom is -0.507 e. The van der Waals surface area contributed by atoms with E-state index in [1.54, 1.807) is 0 Å². The van der Waals surface area contributed by atoms with Gasteiger partial charge in [-0.15, -0.1) is 0 Å². The Morgan fingerprint density at radius 3 is 2.74 bits per heavy atom. The van der Waals surface area contributed by atoms with Crippen LogP contribution < -0.4 is 4.74 Å². The lowest BCUT2D eigenvalue weighted by atomic mass is 9.76. The van der Waals surface area contributed by atoms with Gasteiger partial charge >= 0.3 is 5.97 Å². The van der Waals surface area contributed by atoms with Gasteiger partial charge in [0.05, 0.1) is 6.42 Å². The van der Waals surface area contributed by atoms with Crippen LogP contribution in [0.25, 0.3) is 0 Å². The van der Waals surface area contributed by atoms with E-state index in [4.69, 9.17) is 4.74 Å². The van der Waals surface area contributed by atoms with E-state index in [0.717, 1.165) is 36.0 Å². The number of carbonyl (C=O) groups excluding carboxylic acids is 1. The van der Waals surface area contributed by atoms with Gasteiger partial charge in [0.25, 0.3) is 0 Å². The van der Waals surface area contributed by atoms with Gasteiger partial charge in [0.15, 0.2) is 0 Å². The fourth-order valence-electron chi connectivity index (χ4n) is 2.93. The van der Waals surface area contributed by atoms with Crippen LogP contribution in [0.4, 0.5) is 0 Å². The molecule has 3 nitrogen and oxygen atoms in total. The van der Waals surface area contributed by atoms with E-state index >= 15 is 0 Å². The summed E-state index contributed by atoms with van der Waals surface area (Å²) >= 11 is 0. The van der Waals surface area contributed by atoms with Crippen molar-refractivity contribution in [2.45, 2.75) is 58.8 Å². The van der Waals surface area contributed by atoms with Crippen molar-refractivity contribution in [2.75, 3.05) is 0 Å². The highest BCUT2D eigenvalue weighted by Crippen LogP contribution is 2.45. The lowest BCUT2D eigenvalue weighted by molar-refractivity contribution is -0.137. The minimum absolute atomic E-state index is 0.191. The van der Waals surface area contributed by atoms with Crippen LogP contribution in [0.2, 0.25) is 0 Å². The Kier molecular flexibility index (Phi) is 3.57. The molecule has 0 saturated carbocycles. The predicted octanol–water partition coefficient (Wildman–Crippen LogP) is 3.63. The molecule has 2 rings (SSSR count). The Hall–Kier alpha value is -1.51. The van der Waals surface area contributed by atoms with Crippen LogP contribution in [-0.2, 0) is 16.6 Å². The summed E-state index contributed by atoms with van der Waals surface area (Å²) in [6.45, 7) is 8.06. The van der Waals surface area contributed by atoms with Crippen molar-refractivity contribution >= 4 is 5.97 Å². The number of ether oxygens (including phenoxy) is 1. The lowest BCUT2D eigenvalue weighted by Crippen LogP contribution is -2.31. The lowest BCUT2D eigenvalue weighted by Gasteiger charge is -2.33. The molecule has 0 atom stereocenters. The molecule has 1 aliphatic heterocycles. The normalized spacial score (nSPS) is 16.9. The zero-order chi connectivity index (χ0) is 14.2. The van der Waals surface area contributed by atoms with Crippen molar-refractivity contribution in [3.8, 4) is 11.5 Å². The summed E-state index contributed by atoms with van der Waals surface area (Å²) in [5, 5.41) is 10.3. The van der Waals surface area contributed by atoms with Crippen LogP contribution in [0, 0.1) is 6.92 Å². The summed E-state index contributed by atoms with van der Waals surface area (Å²) in [6, 6.07) is 1.84. The largest absolute Gasteiger partial charge is 0.507 e. The van der Waals surface area contributed by atoms with Gasteiger partial charge in [0.2, 0.25) is 0 Å². The number of hydrogen-bond donors (Lipinski definition) is 1. The van der Waals surface area contributed by atoms with Gasteiger partial charge in [-0.1, -0.05) is 27.2 Å². The molecule has 0 unspecified atom stereocenters. The highest BCUT2D eigenvalue weighted by molar-refractivity contribution is 5.78. The van der Waals surface area contributed by atoms with Crippen LogP contribution >= 0.6 is 0 Å². The number of aryl methyl sites for hydroxylation is 1. The summed E-state index contributed by atoms with van der Waals surface area (Å²) in [5.41, 5.74) is 2.41. The summed E-state index contributed by atoms with van der Waals surface area (Å²) in [7, 11) is 0. The van der Waals surface area contributed by atoms with E-state index in [0.29, 0.717) is 17.9 Å². The molecule has 0 radical (unpaired) electrons. The topological polar surface area (TPSA) is 46.5 Å². The second-order valence-electron chi connectivity index (χ2n) is 6.02. The molecule has 0 aliphatic carbocycles. The van der Waals surface area contributed by atoms with Crippen molar-refractivity contribution < 1.29 is 14.6 Å². The number of esters is 1. The fourth-order valence-corrected chi connectivity index (χ4v) is 2.93. The summed E-state index contributed by atoms with van der Waals surface area (Å²) in [6.07, 6.45) is 3.26. The average Bonchev–Trinajstić information content (AvgIpc) is 2.29. The first-order chi connectivity index (χ1) is 8.86. The van der Waals surface area contributed by atoms with E-state index in [1.165, 1.54) is 0 Å². The van der Waals surface area contributed by atoms with Crippen LogP contribution in [0.5, 0.6) is 11.5 Å². The third-order valence-electron chi connectivity index (χ3n) is 3.87. The average molecular weight is 262 g/mol. The first-order valence-corrected chi connectivity index (χ1v) is 6.93. The zero-order valence-corrected chi connectivity index (χ0v) is 12.2. The van der Waals surface area contributed by atoms with E-state index in [-0.39, 0.29) is 11.4 Å². The van der Waals surface area contributed by atoms with Gasteiger partial charge in [-0.3, -0.25) is 4.79 Å². The first-order valence-electron chi connectivity index (χ1n) is 6.93. The third-order valence-corrected chi connectivity index (χ3v) is 3.87. The number of phenols is 1. The quantitative estimate of drug-likeness (QED) is 0.668. The highest BCUT2D eigenvalue weighted by Gasteiger charge is 2.36. The second kappa shape index (κ2) is 4.87. The van der Waals surface area contributed by atoms with Crippen LogP contribution in [-0.4, -0.2) is 11.1 Å². The van der Waals surface area contributed by atoms with Gasteiger partial charge in [0.1, 0.15) is 11.5 Å². The molecule has 0 aromatic heterocycles. The number of phenolic OH excluding ortho intramolecular Hbond substituents is 1. The number of hydrogen-bond acceptors (Lipinski definition) is 3. The molecule has 3 heteroatoms. The number of carbonyl (C=O) groups is 1. The molecule has 0 amide bonds. The Labute approximate surface area is 114 Å². The SMILES string of the molecule is CCCCc1cc2c(c(C)c1O)C(C)(C)CC(=O)O2. The standard InChI is InChI=1S/C16H22O3/c1-5-6-7-11-8-12-14(10(2)15(11)18)16(3,4)9-13(17)19-12/h8,18H,5-7,9H2,1-4H3. The zero-order valence-electron chi connectivity index (χ0n) is 12.2. The maximum atomic E-state index is 11.7. The molecule has 1 aromatic rings. The van der Waals surface area contributed by atoms with Gasteiger partial charge in [-0.25, -0.2) is 0 Å². The molecule has 19 heavy (non-hydrogen) atoms. The van der Waals surface area contributed by atoms with Gasteiger partial charge in [0, 0.05) is 11.0 Å². The molecule has 0 saturated heterocycles. The Balaban J connectivity index is 2.54. The van der Waals surface area contributed by atoms with E-state index in [9.17, 15) is 9.90 Å². The summed E-state index contributed by atoms with van der Waals surface area (Å²) in [4.78, 5) is 11.7. The summed E-state index contributed by atoms with van der Waals surface area (Å²) in [5.74, 6) is 0.796.